The maximum Gasteiger partial charge on any atom is 0.0406 e. The molecule has 2 rings (SSSR count). The maximum absolute atomic E-state index is 5.88. The summed E-state index contributed by atoms with van der Waals surface area (Å²) in [5, 5.41) is 6.41. The lowest BCUT2D eigenvalue weighted by atomic mass is 10.1. The van der Waals surface area contributed by atoms with Crippen molar-refractivity contribution in [3.05, 3.63) is 46.3 Å². The van der Waals surface area contributed by atoms with E-state index in [9.17, 15) is 0 Å². The molecule has 0 atom stereocenters. The predicted octanol–water partition coefficient (Wildman–Crippen LogP) is 4.57. The minimum atomic E-state index is 0.522. The molecule has 1 heterocycles. The van der Waals surface area contributed by atoms with Crippen molar-refractivity contribution >= 4 is 22.9 Å². The van der Waals surface area contributed by atoms with Crippen LogP contribution in [0.2, 0.25) is 5.02 Å². The van der Waals surface area contributed by atoms with Crippen molar-refractivity contribution in [1.29, 1.82) is 0 Å². The van der Waals surface area contributed by atoms with Crippen LogP contribution in [0.15, 0.2) is 35.7 Å². The Bertz CT molecular complexity index is 473. The van der Waals surface area contributed by atoms with Gasteiger partial charge in [-0.1, -0.05) is 37.6 Å². The van der Waals surface area contributed by atoms with Gasteiger partial charge in [-0.3, -0.25) is 0 Å². The molecule has 0 fully saturated rings. The van der Waals surface area contributed by atoms with Crippen LogP contribution in [0.1, 0.15) is 19.4 Å². The van der Waals surface area contributed by atoms with Gasteiger partial charge in [0.05, 0.1) is 0 Å². The SMILES string of the molecule is CC(C)NCc1csc(-c2ccc(Cl)cc2)c1. The molecule has 3 heteroatoms. The molecular formula is C14H16ClNS. The van der Waals surface area contributed by atoms with Crippen LogP contribution in [-0.4, -0.2) is 6.04 Å². The Balaban J connectivity index is 2.10. The Hall–Kier alpha value is -0.830. The normalized spacial score (nSPS) is 11.1. The first-order valence-corrected chi connectivity index (χ1v) is 6.97. The van der Waals surface area contributed by atoms with Gasteiger partial charge >= 0.3 is 0 Å². The van der Waals surface area contributed by atoms with Crippen LogP contribution in [0.4, 0.5) is 0 Å². The molecule has 1 nitrogen and oxygen atoms in total. The molecular weight excluding hydrogens is 250 g/mol. The van der Waals surface area contributed by atoms with Crippen LogP contribution in [0.5, 0.6) is 0 Å². The van der Waals surface area contributed by atoms with Gasteiger partial charge in [0.15, 0.2) is 0 Å². The molecule has 0 aliphatic rings. The Kier molecular flexibility index (Phi) is 4.21. The highest BCUT2D eigenvalue weighted by molar-refractivity contribution is 7.13. The average molecular weight is 266 g/mol. The van der Waals surface area contributed by atoms with Crippen LogP contribution in [0.3, 0.4) is 0 Å². The molecule has 17 heavy (non-hydrogen) atoms. The second-order valence-electron chi connectivity index (χ2n) is 4.36. The van der Waals surface area contributed by atoms with E-state index in [1.54, 1.807) is 11.3 Å². The van der Waals surface area contributed by atoms with Gasteiger partial charge in [0.2, 0.25) is 0 Å². The van der Waals surface area contributed by atoms with E-state index < -0.39 is 0 Å². The Morgan fingerprint density at radius 1 is 1.24 bits per heavy atom. The second-order valence-corrected chi connectivity index (χ2v) is 5.71. The molecule has 1 N–H and O–H groups in total. The molecule has 0 aliphatic heterocycles. The number of thiophene rings is 1. The zero-order chi connectivity index (χ0) is 12.3. The fourth-order valence-corrected chi connectivity index (χ4v) is 2.60. The van der Waals surface area contributed by atoms with Crippen LogP contribution in [-0.2, 0) is 6.54 Å². The first kappa shape index (κ1) is 12.6. The highest BCUT2D eigenvalue weighted by atomic mass is 35.5. The number of rotatable bonds is 4. The summed E-state index contributed by atoms with van der Waals surface area (Å²) in [6.45, 7) is 5.25. The van der Waals surface area contributed by atoms with Crippen molar-refractivity contribution in [2.24, 2.45) is 0 Å². The van der Waals surface area contributed by atoms with E-state index >= 15 is 0 Å². The summed E-state index contributed by atoms with van der Waals surface area (Å²) in [6, 6.07) is 10.8. The van der Waals surface area contributed by atoms with Crippen LogP contribution in [0.25, 0.3) is 10.4 Å². The average Bonchev–Trinajstić information content (AvgIpc) is 2.76. The molecule has 0 bridgehead atoms. The smallest absolute Gasteiger partial charge is 0.0406 e. The van der Waals surface area contributed by atoms with Crippen molar-refractivity contribution in [2.45, 2.75) is 26.4 Å². The number of nitrogens with one attached hydrogen (secondary N) is 1. The monoisotopic (exact) mass is 265 g/mol. The van der Waals surface area contributed by atoms with Gasteiger partial charge in [0.1, 0.15) is 0 Å². The van der Waals surface area contributed by atoms with Crippen molar-refractivity contribution < 1.29 is 0 Å². The second kappa shape index (κ2) is 5.67. The first-order valence-electron chi connectivity index (χ1n) is 5.72. The molecule has 0 amide bonds. The summed E-state index contributed by atoms with van der Waals surface area (Å²) in [7, 11) is 0. The number of halogens is 1. The van der Waals surface area contributed by atoms with Crippen molar-refractivity contribution in [1.82, 2.24) is 5.32 Å². The van der Waals surface area contributed by atoms with Gasteiger partial charge in [-0.2, -0.15) is 0 Å². The standard InChI is InChI=1S/C14H16ClNS/c1-10(2)16-8-11-7-14(17-9-11)12-3-5-13(15)6-4-12/h3-7,9-10,16H,8H2,1-2H3. The summed E-state index contributed by atoms with van der Waals surface area (Å²) >= 11 is 7.66. The van der Waals surface area contributed by atoms with Crippen molar-refractivity contribution in [2.75, 3.05) is 0 Å². The minimum Gasteiger partial charge on any atom is -0.310 e. The number of hydrogen-bond acceptors (Lipinski definition) is 2. The Morgan fingerprint density at radius 2 is 1.94 bits per heavy atom. The van der Waals surface area contributed by atoms with Gasteiger partial charge in [-0.15, -0.1) is 11.3 Å². The number of benzene rings is 1. The van der Waals surface area contributed by atoms with E-state index in [2.05, 4.69) is 42.7 Å². The summed E-state index contributed by atoms with van der Waals surface area (Å²) in [5.74, 6) is 0. The summed E-state index contributed by atoms with van der Waals surface area (Å²) in [5.41, 5.74) is 2.57. The molecule has 2 aromatic rings. The van der Waals surface area contributed by atoms with E-state index in [1.807, 2.05) is 12.1 Å². The molecule has 90 valence electrons. The lowest BCUT2D eigenvalue weighted by Crippen LogP contribution is -2.21. The van der Waals surface area contributed by atoms with E-state index in [-0.39, 0.29) is 0 Å². The van der Waals surface area contributed by atoms with Gasteiger partial charge in [-0.05, 0) is 34.7 Å². The summed E-state index contributed by atoms with van der Waals surface area (Å²) in [6.07, 6.45) is 0. The molecule has 0 saturated heterocycles. The molecule has 0 saturated carbocycles. The third kappa shape index (κ3) is 3.56. The Morgan fingerprint density at radius 3 is 2.59 bits per heavy atom. The largest absolute Gasteiger partial charge is 0.310 e. The van der Waals surface area contributed by atoms with Crippen molar-refractivity contribution in [3.63, 3.8) is 0 Å². The van der Waals surface area contributed by atoms with E-state index in [1.165, 1.54) is 16.0 Å². The summed E-state index contributed by atoms with van der Waals surface area (Å²) < 4.78 is 0. The lowest BCUT2D eigenvalue weighted by molar-refractivity contribution is 0.590. The highest BCUT2D eigenvalue weighted by Gasteiger charge is 2.03. The van der Waals surface area contributed by atoms with Gasteiger partial charge in [0, 0.05) is 22.5 Å². The molecule has 0 unspecified atom stereocenters. The first-order chi connectivity index (χ1) is 8.15. The number of hydrogen-bond donors (Lipinski definition) is 1. The molecule has 0 aliphatic carbocycles. The summed E-state index contributed by atoms with van der Waals surface area (Å²) in [4.78, 5) is 1.29. The zero-order valence-electron chi connectivity index (χ0n) is 10.0. The fourth-order valence-electron chi connectivity index (χ4n) is 1.56. The van der Waals surface area contributed by atoms with Crippen LogP contribution in [0, 0.1) is 0 Å². The third-order valence-corrected chi connectivity index (χ3v) is 3.78. The fraction of sp³-hybridized carbons (Fsp3) is 0.286. The van der Waals surface area contributed by atoms with E-state index in [4.69, 9.17) is 11.6 Å². The van der Waals surface area contributed by atoms with Crippen molar-refractivity contribution in [3.8, 4) is 10.4 Å². The molecule has 1 aromatic heterocycles. The molecule has 0 radical (unpaired) electrons. The van der Waals surface area contributed by atoms with Gasteiger partial charge in [0.25, 0.3) is 0 Å². The zero-order valence-corrected chi connectivity index (χ0v) is 11.6. The third-order valence-electron chi connectivity index (χ3n) is 2.50. The predicted molar refractivity (Wildman–Crippen MR) is 76.7 cm³/mol. The van der Waals surface area contributed by atoms with Crippen LogP contribution < -0.4 is 5.32 Å². The molecule has 0 spiro atoms. The van der Waals surface area contributed by atoms with Gasteiger partial charge in [-0.25, -0.2) is 0 Å². The quantitative estimate of drug-likeness (QED) is 0.854. The van der Waals surface area contributed by atoms with E-state index in [0.29, 0.717) is 6.04 Å². The topological polar surface area (TPSA) is 12.0 Å². The van der Waals surface area contributed by atoms with E-state index in [0.717, 1.165) is 11.6 Å². The molecule has 1 aromatic carbocycles. The Labute approximate surface area is 111 Å². The minimum absolute atomic E-state index is 0.522. The maximum atomic E-state index is 5.88. The lowest BCUT2D eigenvalue weighted by Gasteiger charge is -2.05. The van der Waals surface area contributed by atoms with Crippen LogP contribution >= 0.6 is 22.9 Å². The van der Waals surface area contributed by atoms with Gasteiger partial charge < -0.3 is 5.32 Å². The highest BCUT2D eigenvalue weighted by Crippen LogP contribution is 2.28.